The van der Waals surface area contributed by atoms with Crippen LogP contribution >= 0.6 is 0 Å². The van der Waals surface area contributed by atoms with Gasteiger partial charge in [0.2, 0.25) is 0 Å². The number of aryl methyl sites for hydroxylation is 1. The third-order valence-corrected chi connectivity index (χ3v) is 4.28. The second-order valence-corrected chi connectivity index (χ2v) is 7.24. The number of amides is 1. The van der Waals surface area contributed by atoms with E-state index in [1.54, 1.807) is 0 Å². The molecule has 27 heavy (non-hydrogen) atoms. The first-order chi connectivity index (χ1) is 12.8. The van der Waals surface area contributed by atoms with Crippen molar-refractivity contribution in [3.05, 3.63) is 35.4 Å². The Kier molecular flexibility index (Phi) is 10.5. The Balaban J connectivity index is 2.42. The van der Waals surface area contributed by atoms with Crippen molar-refractivity contribution in [3.8, 4) is 0 Å². The van der Waals surface area contributed by atoms with Gasteiger partial charge in [-0.05, 0) is 53.7 Å². The molecular weight excluding hydrogens is 338 g/mol. The predicted octanol–water partition coefficient (Wildman–Crippen LogP) is 2.40. The first-order valence-electron chi connectivity index (χ1n) is 9.98. The van der Waals surface area contributed by atoms with Crippen molar-refractivity contribution in [1.29, 1.82) is 0 Å². The van der Waals surface area contributed by atoms with Crippen molar-refractivity contribution in [2.75, 3.05) is 32.7 Å². The standard InChI is InChI=1S/C21H37N5O/c1-7-22-21(25-13-14-26(16(2)3)17(4)5)24-12-11-23-20(27)19-10-8-9-18(6)15-19/h8-10,15-17H,7,11-14H2,1-6H3,(H,23,27)(H2,22,24,25). The van der Waals surface area contributed by atoms with E-state index in [4.69, 9.17) is 0 Å². The van der Waals surface area contributed by atoms with Crippen molar-refractivity contribution in [1.82, 2.24) is 20.9 Å². The summed E-state index contributed by atoms with van der Waals surface area (Å²) in [4.78, 5) is 19.2. The zero-order chi connectivity index (χ0) is 20.2. The summed E-state index contributed by atoms with van der Waals surface area (Å²) >= 11 is 0. The van der Waals surface area contributed by atoms with E-state index in [2.05, 4.69) is 53.5 Å². The summed E-state index contributed by atoms with van der Waals surface area (Å²) in [6, 6.07) is 8.62. The van der Waals surface area contributed by atoms with Gasteiger partial charge in [-0.15, -0.1) is 0 Å². The number of benzene rings is 1. The van der Waals surface area contributed by atoms with Gasteiger partial charge in [-0.1, -0.05) is 17.7 Å². The second-order valence-electron chi connectivity index (χ2n) is 7.24. The van der Waals surface area contributed by atoms with E-state index in [0.29, 0.717) is 30.7 Å². The van der Waals surface area contributed by atoms with E-state index in [9.17, 15) is 4.79 Å². The Morgan fingerprint density at radius 2 is 1.74 bits per heavy atom. The molecule has 1 amide bonds. The fourth-order valence-electron chi connectivity index (χ4n) is 2.98. The monoisotopic (exact) mass is 375 g/mol. The maximum absolute atomic E-state index is 12.2. The maximum atomic E-state index is 12.2. The molecule has 1 rings (SSSR count). The Bertz CT molecular complexity index is 590. The third-order valence-electron chi connectivity index (χ3n) is 4.28. The highest BCUT2D eigenvalue weighted by Gasteiger charge is 2.12. The van der Waals surface area contributed by atoms with Gasteiger partial charge >= 0.3 is 0 Å². The fraction of sp³-hybridized carbons (Fsp3) is 0.619. The number of hydrogen-bond donors (Lipinski definition) is 3. The summed E-state index contributed by atoms with van der Waals surface area (Å²) in [7, 11) is 0. The smallest absolute Gasteiger partial charge is 0.251 e. The largest absolute Gasteiger partial charge is 0.357 e. The average Bonchev–Trinajstić information content (AvgIpc) is 2.61. The Hall–Kier alpha value is -2.08. The minimum Gasteiger partial charge on any atom is -0.357 e. The molecule has 0 spiro atoms. The Labute approximate surface area is 164 Å². The molecule has 152 valence electrons. The summed E-state index contributed by atoms with van der Waals surface area (Å²) in [6.45, 7) is 16.5. The molecule has 3 N–H and O–H groups in total. The molecule has 0 radical (unpaired) electrons. The lowest BCUT2D eigenvalue weighted by Gasteiger charge is -2.29. The average molecular weight is 376 g/mol. The number of carbonyl (C=O) groups is 1. The predicted molar refractivity (Wildman–Crippen MR) is 114 cm³/mol. The molecule has 1 aromatic carbocycles. The summed E-state index contributed by atoms with van der Waals surface area (Å²) in [5.41, 5.74) is 1.78. The van der Waals surface area contributed by atoms with Crippen LogP contribution in [-0.4, -0.2) is 61.6 Å². The molecule has 0 bridgehead atoms. The van der Waals surface area contributed by atoms with E-state index < -0.39 is 0 Å². The number of hydrogen-bond acceptors (Lipinski definition) is 3. The minimum atomic E-state index is -0.0491. The normalized spacial score (nSPS) is 12.0. The van der Waals surface area contributed by atoms with E-state index >= 15 is 0 Å². The van der Waals surface area contributed by atoms with Crippen LogP contribution in [0.1, 0.15) is 50.5 Å². The summed E-state index contributed by atoms with van der Waals surface area (Å²) in [5, 5.41) is 9.46. The topological polar surface area (TPSA) is 68.8 Å². The molecule has 6 heteroatoms. The summed E-state index contributed by atoms with van der Waals surface area (Å²) < 4.78 is 0. The van der Waals surface area contributed by atoms with Gasteiger partial charge < -0.3 is 16.0 Å². The van der Waals surface area contributed by atoms with Crippen LogP contribution in [0.3, 0.4) is 0 Å². The van der Waals surface area contributed by atoms with Crippen LogP contribution in [0.15, 0.2) is 29.3 Å². The van der Waals surface area contributed by atoms with Gasteiger partial charge in [0.15, 0.2) is 5.96 Å². The first-order valence-corrected chi connectivity index (χ1v) is 9.98. The summed E-state index contributed by atoms with van der Waals surface area (Å²) in [5.74, 6) is 0.738. The van der Waals surface area contributed by atoms with Crippen LogP contribution in [0.2, 0.25) is 0 Å². The van der Waals surface area contributed by atoms with Crippen LogP contribution in [-0.2, 0) is 0 Å². The quantitative estimate of drug-likeness (QED) is 0.334. The number of carbonyl (C=O) groups excluding carboxylic acids is 1. The van der Waals surface area contributed by atoms with Crippen molar-refractivity contribution >= 4 is 11.9 Å². The van der Waals surface area contributed by atoms with E-state index in [1.165, 1.54) is 0 Å². The molecule has 6 nitrogen and oxygen atoms in total. The van der Waals surface area contributed by atoms with Gasteiger partial charge in [0.25, 0.3) is 5.91 Å². The Morgan fingerprint density at radius 3 is 2.33 bits per heavy atom. The number of guanidine groups is 1. The molecule has 1 aromatic rings. The third kappa shape index (κ3) is 8.91. The van der Waals surface area contributed by atoms with E-state index in [1.807, 2.05) is 38.1 Å². The number of rotatable bonds is 10. The first kappa shape index (κ1) is 23.0. The van der Waals surface area contributed by atoms with Crippen molar-refractivity contribution < 1.29 is 4.79 Å². The molecule has 0 aliphatic carbocycles. The molecule has 0 fully saturated rings. The van der Waals surface area contributed by atoms with Crippen LogP contribution in [0.25, 0.3) is 0 Å². The molecule has 0 saturated carbocycles. The molecule has 0 saturated heterocycles. The minimum absolute atomic E-state index is 0.0491. The van der Waals surface area contributed by atoms with Crippen LogP contribution in [0, 0.1) is 6.92 Å². The molecule has 0 unspecified atom stereocenters. The second kappa shape index (κ2) is 12.3. The van der Waals surface area contributed by atoms with Gasteiger partial charge in [-0.25, -0.2) is 0 Å². The zero-order valence-electron chi connectivity index (χ0n) is 17.8. The van der Waals surface area contributed by atoms with Gasteiger partial charge in [-0.2, -0.15) is 0 Å². The fourth-order valence-corrected chi connectivity index (χ4v) is 2.98. The number of aliphatic imine (C=N–C) groups is 1. The van der Waals surface area contributed by atoms with Crippen molar-refractivity contribution in [2.24, 2.45) is 4.99 Å². The van der Waals surface area contributed by atoms with Crippen LogP contribution in [0.5, 0.6) is 0 Å². The molecule has 0 aliphatic rings. The van der Waals surface area contributed by atoms with Gasteiger partial charge in [0, 0.05) is 43.8 Å². The lowest BCUT2D eigenvalue weighted by molar-refractivity contribution is 0.0954. The zero-order valence-corrected chi connectivity index (χ0v) is 17.8. The number of nitrogens with one attached hydrogen (secondary N) is 3. The van der Waals surface area contributed by atoms with Gasteiger partial charge in [0.05, 0.1) is 6.54 Å². The van der Waals surface area contributed by atoms with Gasteiger partial charge in [0.1, 0.15) is 0 Å². The lowest BCUT2D eigenvalue weighted by atomic mass is 10.1. The van der Waals surface area contributed by atoms with E-state index in [-0.39, 0.29) is 5.91 Å². The van der Waals surface area contributed by atoms with Crippen molar-refractivity contribution in [3.63, 3.8) is 0 Å². The molecular formula is C21H37N5O. The van der Waals surface area contributed by atoms with Crippen LogP contribution in [0.4, 0.5) is 0 Å². The molecule has 0 aromatic heterocycles. The number of nitrogens with zero attached hydrogens (tertiary/aromatic N) is 2. The van der Waals surface area contributed by atoms with Crippen LogP contribution < -0.4 is 16.0 Å². The SMILES string of the molecule is CCNC(=NCCN(C(C)C)C(C)C)NCCNC(=O)c1cccc(C)c1. The molecule has 0 heterocycles. The Morgan fingerprint density at radius 1 is 1.07 bits per heavy atom. The lowest BCUT2D eigenvalue weighted by Crippen LogP contribution is -2.43. The maximum Gasteiger partial charge on any atom is 0.251 e. The van der Waals surface area contributed by atoms with E-state index in [0.717, 1.165) is 31.2 Å². The molecule has 0 aliphatic heterocycles. The highest BCUT2D eigenvalue weighted by Crippen LogP contribution is 2.04. The summed E-state index contributed by atoms with van der Waals surface area (Å²) in [6.07, 6.45) is 0. The van der Waals surface area contributed by atoms with Gasteiger partial charge in [-0.3, -0.25) is 14.7 Å². The highest BCUT2D eigenvalue weighted by molar-refractivity contribution is 5.94. The van der Waals surface area contributed by atoms with Crippen molar-refractivity contribution in [2.45, 2.75) is 53.6 Å². The molecule has 0 atom stereocenters. The highest BCUT2D eigenvalue weighted by atomic mass is 16.1.